The van der Waals surface area contributed by atoms with Gasteiger partial charge in [-0.3, -0.25) is 14.4 Å². The number of ether oxygens (including phenoxy) is 1. The van der Waals surface area contributed by atoms with Crippen LogP contribution < -0.4 is 0 Å². The van der Waals surface area contributed by atoms with Crippen LogP contribution in [0.5, 0.6) is 0 Å². The fourth-order valence-corrected chi connectivity index (χ4v) is 2.91. The van der Waals surface area contributed by atoms with Gasteiger partial charge >= 0.3 is 5.97 Å². The minimum atomic E-state index is -0.997. The molecule has 0 saturated heterocycles. The quantitative estimate of drug-likeness (QED) is 0.426. The van der Waals surface area contributed by atoms with Crippen LogP contribution in [0.25, 0.3) is 0 Å². The van der Waals surface area contributed by atoms with E-state index in [0.29, 0.717) is 25.2 Å². The van der Waals surface area contributed by atoms with Crippen molar-refractivity contribution in [2.24, 2.45) is 22.4 Å². The monoisotopic (exact) mass is 311 g/mol. The molecule has 1 aliphatic rings. The van der Waals surface area contributed by atoms with Crippen molar-refractivity contribution >= 4 is 23.2 Å². The minimum absolute atomic E-state index is 0.213. The van der Waals surface area contributed by atoms with E-state index in [0.717, 1.165) is 0 Å². The van der Waals surface area contributed by atoms with E-state index in [1.807, 2.05) is 6.92 Å². The molecule has 0 aromatic carbocycles. The molecule has 0 heterocycles. The molecular formula is C16H25NO5. The normalized spacial score (nSPS) is 25.9. The Morgan fingerprint density at radius 2 is 1.95 bits per heavy atom. The van der Waals surface area contributed by atoms with Crippen LogP contribution in [-0.4, -0.2) is 37.0 Å². The molecule has 1 aliphatic carbocycles. The van der Waals surface area contributed by atoms with E-state index in [1.165, 1.54) is 7.11 Å². The van der Waals surface area contributed by atoms with E-state index < -0.39 is 29.0 Å². The molecular weight excluding hydrogens is 286 g/mol. The maximum Gasteiger partial charge on any atom is 0.316 e. The lowest BCUT2D eigenvalue weighted by Crippen LogP contribution is -2.52. The highest BCUT2D eigenvalue weighted by Crippen LogP contribution is 2.41. The fourth-order valence-electron chi connectivity index (χ4n) is 2.91. The number of oxime groups is 1. The Bertz CT molecular complexity index is 481. The van der Waals surface area contributed by atoms with Crippen molar-refractivity contribution in [3.63, 3.8) is 0 Å². The number of methoxy groups -OCH3 is 1. The molecule has 124 valence electrons. The van der Waals surface area contributed by atoms with Gasteiger partial charge in [-0.15, -0.1) is 0 Å². The summed E-state index contributed by atoms with van der Waals surface area (Å²) in [6.45, 7) is 7.60. The first kappa shape index (κ1) is 18.3. The summed E-state index contributed by atoms with van der Waals surface area (Å²) in [6.07, 6.45) is 1.26. The second kappa shape index (κ2) is 7.51. The maximum atomic E-state index is 12.8. The molecule has 1 rings (SSSR count). The number of nitrogens with zero attached hydrogens (tertiary/aromatic N) is 1. The number of esters is 1. The van der Waals surface area contributed by atoms with Gasteiger partial charge < -0.3 is 9.57 Å². The molecule has 6 heteroatoms. The first-order chi connectivity index (χ1) is 10.3. The average Bonchev–Trinajstić information content (AvgIpc) is 2.43. The van der Waals surface area contributed by atoms with Crippen LogP contribution in [0.15, 0.2) is 5.16 Å². The van der Waals surface area contributed by atoms with Crippen molar-refractivity contribution in [3.05, 3.63) is 0 Å². The van der Waals surface area contributed by atoms with Crippen molar-refractivity contribution in [1.29, 1.82) is 0 Å². The number of Topliss-reactive ketones (excluding diaryl/α,β-unsaturated/α-hetero) is 2. The fraction of sp³-hybridized carbons (Fsp3) is 0.750. The number of hydrogen-bond acceptors (Lipinski definition) is 6. The van der Waals surface area contributed by atoms with Gasteiger partial charge in [-0.05, 0) is 25.2 Å². The molecule has 0 aromatic rings. The first-order valence-electron chi connectivity index (χ1n) is 7.63. The summed E-state index contributed by atoms with van der Waals surface area (Å²) in [6, 6.07) is 0. The molecule has 0 amide bonds. The van der Waals surface area contributed by atoms with Gasteiger partial charge in [-0.2, -0.15) is 0 Å². The third-order valence-electron chi connectivity index (χ3n) is 3.89. The molecule has 22 heavy (non-hydrogen) atoms. The van der Waals surface area contributed by atoms with Crippen molar-refractivity contribution in [2.75, 3.05) is 13.7 Å². The molecule has 0 aromatic heterocycles. The summed E-state index contributed by atoms with van der Waals surface area (Å²) >= 11 is 0. The van der Waals surface area contributed by atoms with Gasteiger partial charge in [0, 0.05) is 6.42 Å². The molecule has 0 N–H and O–H groups in total. The molecule has 0 spiro atoms. The summed E-state index contributed by atoms with van der Waals surface area (Å²) in [5, 5.41) is 3.97. The lowest BCUT2D eigenvalue weighted by atomic mass is 9.62. The lowest BCUT2D eigenvalue weighted by Gasteiger charge is -2.39. The molecule has 0 radical (unpaired) electrons. The Morgan fingerprint density at radius 3 is 2.45 bits per heavy atom. The minimum Gasteiger partial charge on any atom is -0.468 e. The van der Waals surface area contributed by atoms with Gasteiger partial charge in [0.25, 0.3) is 0 Å². The average molecular weight is 311 g/mol. The Labute approximate surface area is 131 Å². The second-order valence-corrected chi connectivity index (χ2v) is 6.17. The van der Waals surface area contributed by atoms with E-state index >= 15 is 0 Å². The maximum absolute atomic E-state index is 12.8. The molecule has 2 atom stereocenters. The Morgan fingerprint density at radius 1 is 1.32 bits per heavy atom. The zero-order chi connectivity index (χ0) is 16.9. The van der Waals surface area contributed by atoms with Crippen LogP contribution in [0.2, 0.25) is 0 Å². The van der Waals surface area contributed by atoms with Gasteiger partial charge in [-0.25, -0.2) is 0 Å². The Kier molecular flexibility index (Phi) is 6.26. The highest BCUT2D eigenvalue weighted by molar-refractivity contribution is 6.26. The molecule has 2 unspecified atom stereocenters. The second-order valence-electron chi connectivity index (χ2n) is 6.17. The summed E-state index contributed by atoms with van der Waals surface area (Å²) in [5.41, 5.74) is -0.251. The smallest absolute Gasteiger partial charge is 0.316 e. The van der Waals surface area contributed by atoms with E-state index in [1.54, 1.807) is 20.8 Å². The van der Waals surface area contributed by atoms with Gasteiger partial charge in [0.2, 0.25) is 0 Å². The third-order valence-corrected chi connectivity index (χ3v) is 3.89. The van der Waals surface area contributed by atoms with E-state index in [-0.39, 0.29) is 12.2 Å². The van der Waals surface area contributed by atoms with E-state index in [9.17, 15) is 14.4 Å². The number of hydrogen-bond donors (Lipinski definition) is 0. The number of carbonyl (C=O) groups is 3. The van der Waals surface area contributed by atoms with Crippen LogP contribution in [0.4, 0.5) is 0 Å². The number of ketones is 2. The largest absolute Gasteiger partial charge is 0.468 e. The summed E-state index contributed by atoms with van der Waals surface area (Å²) in [7, 11) is 1.25. The van der Waals surface area contributed by atoms with Gasteiger partial charge in [0.15, 0.2) is 5.78 Å². The number of rotatable bonds is 6. The van der Waals surface area contributed by atoms with E-state index in [4.69, 9.17) is 9.57 Å². The van der Waals surface area contributed by atoms with Crippen LogP contribution in [0.1, 0.15) is 47.0 Å². The Balaban J connectivity index is 3.25. The number of carbonyl (C=O) groups excluding carboxylic acids is 3. The van der Waals surface area contributed by atoms with Crippen molar-refractivity contribution in [1.82, 2.24) is 0 Å². The molecule has 1 saturated carbocycles. The van der Waals surface area contributed by atoms with Gasteiger partial charge in [-0.1, -0.05) is 25.9 Å². The van der Waals surface area contributed by atoms with Gasteiger partial charge in [0.05, 0.1) is 12.8 Å². The molecule has 0 aliphatic heterocycles. The molecule has 0 bridgehead atoms. The van der Waals surface area contributed by atoms with Crippen molar-refractivity contribution in [2.45, 2.75) is 47.0 Å². The topological polar surface area (TPSA) is 82.0 Å². The highest BCUT2D eigenvalue weighted by atomic mass is 16.6. The van der Waals surface area contributed by atoms with E-state index in [2.05, 4.69) is 5.16 Å². The van der Waals surface area contributed by atoms with Crippen LogP contribution in [-0.2, 0) is 24.0 Å². The Hall–Kier alpha value is -1.72. The molecule has 6 nitrogen and oxygen atoms in total. The zero-order valence-corrected chi connectivity index (χ0v) is 14.0. The summed E-state index contributed by atoms with van der Waals surface area (Å²) in [4.78, 5) is 42.2. The summed E-state index contributed by atoms with van der Waals surface area (Å²) < 4.78 is 4.76. The SMILES string of the molecule is CCCC(=O)C1C(=O)C(C(=O)OC)C(C)(C)C/C1=N/OCC. The predicted octanol–water partition coefficient (Wildman–Crippen LogP) is 2.15. The van der Waals surface area contributed by atoms with Crippen molar-refractivity contribution in [3.8, 4) is 0 Å². The standard InChI is InChI=1S/C16H25NO5/c1-6-8-11(18)12-10(17-22-7-2)9-16(3,4)13(14(12)19)15(20)21-5/h12-13H,6-9H2,1-5H3/b17-10-. The van der Waals surface area contributed by atoms with Crippen LogP contribution >= 0.6 is 0 Å². The van der Waals surface area contributed by atoms with Crippen LogP contribution in [0.3, 0.4) is 0 Å². The predicted molar refractivity (Wildman–Crippen MR) is 81.4 cm³/mol. The highest BCUT2D eigenvalue weighted by Gasteiger charge is 2.52. The molecule has 1 fully saturated rings. The van der Waals surface area contributed by atoms with Crippen LogP contribution in [0, 0.1) is 17.3 Å². The van der Waals surface area contributed by atoms with Crippen molar-refractivity contribution < 1.29 is 24.0 Å². The summed E-state index contributed by atoms with van der Waals surface area (Å²) in [5.74, 6) is -3.19. The zero-order valence-electron chi connectivity index (χ0n) is 14.0. The third kappa shape index (κ3) is 3.72. The van der Waals surface area contributed by atoms with Gasteiger partial charge in [0.1, 0.15) is 24.2 Å². The first-order valence-corrected chi connectivity index (χ1v) is 7.63. The lowest BCUT2D eigenvalue weighted by molar-refractivity contribution is -0.156.